The number of amides is 1. The zero-order chi connectivity index (χ0) is 13.1. The van der Waals surface area contributed by atoms with Crippen LogP contribution in [0, 0.1) is 12.8 Å². The van der Waals surface area contributed by atoms with E-state index in [2.05, 4.69) is 5.32 Å². The number of aryl methyl sites for hydroxylation is 1. The van der Waals surface area contributed by atoms with E-state index in [1.54, 1.807) is 0 Å². The minimum atomic E-state index is 0. The summed E-state index contributed by atoms with van der Waals surface area (Å²) in [6, 6.07) is 5.60. The highest BCUT2D eigenvalue weighted by atomic mass is 35.5. The van der Waals surface area contributed by atoms with Crippen molar-refractivity contribution in [3.63, 3.8) is 0 Å². The van der Waals surface area contributed by atoms with Crippen LogP contribution >= 0.6 is 24.0 Å². The maximum atomic E-state index is 12.3. The molecular formula is C14H20Cl2N2O. The molecule has 1 aliphatic rings. The van der Waals surface area contributed by atoms with Crippen molar-refractivity contribution < 1.29 is 4.79 Å². The molecule has 1 aromatic rings. The second kappa shape index (κ2) is 7.13. The second-order valence-electron chi connectivity index (χ2n) is 4.95. The van der Waals surface area contributed by atoms with Gasteiger partial charge in [-0.15, -0.1) is 12.4 Å². The third kappa shape index (κ3) is 3.85. The van der Waals surface area contributed by atoms with Crippen LogP contribution in [-0.2, 0) is 0 Å². The monoisotopic (exact) mass is 302 g/mol. The Labute approximate surface area is 125 Å². The topological polar surface area (TPSA) is 32.3 Å². The predicted octanol–water partition coefficient (Wildman–Crippen LogP) is 2.75. The number of hydrogen-bond donors (Lipinski definition) is 1. The molecule has 0 spiro atoms. The fourth-order valence-electron chi connectivity index (χ4n) is 2.44. The van der Waals surface area contributed by atoms with Crippen molar-refractivity contribution in [3.8, 4) is 0 Å². The van der Waals surface area contributed by atoms with Gasteiger partial charge in [0.15, 0.2) is 0 Å². The average molecular weight is 303 g/mol. The molecule has 1 fully saturated rings. The molecular weight excluding hydrogens is 283 g/mol. The molecule has 0 aliphatic carbocycles. The summed E-state index contributed by atoms with van der Waals surface area (Å²) >= 11 is 6.14. The average Bonchev–Trinajstić information content (AvgIpc) is 2.77. The van der Waals surface area contributed by atoms with Crippen molar-refractivity contribution >= 4 is 29.9 Å². The number of carbonyl (C=O) groups is 1. The minimum Gasteiger partial charge on any atom is -0.338 e. The lowest BCUT2D eigenvalue weighted by molar-refractivity contribution is 0.0787. The van der Waals surface area contributed by atoms with Crippen LogP contribution in [0.3, 0.4) is 0 Å². The largest absolute Gasteiger partial charge is 0.338 e. The zero-order valence-electron chi connectivity index (χ0n) is 11.3. The Morgan fingerprint density at radius 3 is 2.89 bits per heavy atom. The van der Waals surface area contributed by atoms with E-state index in [4.69, 9.17) is 11.6 Å². The molecule has 1 N–H and O–H groups in total. The molecule has 1 saturated heterocycles. The van der Waals surface area contributed by atoms with E-state index in [1.807, 2.05) is 37.1 Å². The van der Waals surface area contributed by atoms with Crippen LogP contribution < -0.4 is 5.32 Å². The minimum absolute atomic E-state index is 0. The van der Waals surface area contributed by atoms with E-state index in [0.29, 0.717) is 16.5 Å². The zero-order valence-corrected chi connectivity index (χ0v) is 12.9. The second-order valence-corrected chi connectivity index (χ2v) is 5.35. The van der Waals surface area contributed by atoms with E-state index < -0.39 is 0 Å². The first-order valence-electron chi connectivity index (χ1n) is 6.32. The van der Waals surface area contributed by atoms with E-state index >= 15 is 0 Å². The van der Waals surface area contributed by atoms with Crippen LogP contribution in [0.15, 0.2) is 18.2 Å². The van der Waals surface area contributed by atoms with Gasteiger partial charge in [-0.1, -0.05) is 17.7 Å². The number of likely N-dealkylation sites (tertiary alicyclic amines) is 1. The molecule has 1 amide bonds. The van der Waals surface area contributed by atoms with Crippen LogP contribution in [0.5, 0.6) is 0 Å². The number of rotatable bonds is 3. The lowest BCUT2D eigenvalue weighted by Crippen LogP contribution is -2.30. The van der Waals surface area contributed by atoms with Crippen LogP contribution in [0.2, 0.25) is 5.02 Å². The summed E-state index contributed by atoms with van der Waals surface area (Å²) in [6.07, 6.45) is 1.07. The van der Waals surface area contributed by atoms with Gasteiger partial charge in [0, 0.05) is 13.1 Å². The van der Waals surface area contributed by atoms with Crippen LogP contribution in [0.25, 0.3) is 0 Å². The molecule has 19 heavy (non-hydrogen) atoms. The Balaban J connectivity index is 0.00000180. The lowest BCUT2D eigenvalue weighted by atomic mass is 10.1. The summed E-state index contributed by atoms with van der Waals surface area (Å²) in [5.74, 6) is 0.613. The van der Waals surface area contributed by atoms with Crippen molar-refractivity contribution in [1.82, 2.24) is 10.2 Å². The van der Waals surface area contributed by atoms with Crippen LogP contribution in [-0.4, -0.2) is 37.5 Å². The SMILES string of the molecule is CNCC1CCN(C(=O)c2ccc(C)cc2Cl)C1.Cl. The summed E-state index contributed by atoms with van der Waals surface area (Å²) in [7, 11) is 1.95. The molecule has 0 radical (unpaired) electrons. The molecule has 1 atom stereocenters. The summed E-state index contributed by atoms with van der Waals surface area (Å²) in [5.41, 5.74) is 1.69. The van der Waals surface area contributed by atoms with E-state index in [-0.39, 0.29) is 18.3 Å². The Kier molecular flexibility index (Phi) is 6.11. The number of halogens is 2. The van der Waals surface area contributed by atoms with Gasteiger partial charge in [0.25, 0.3) is 5.91 Å². The maximum absolute atomic E-state index is 12.3. The maximum Gasteiger partial charge on any atom is 0.255 e. The molecule has 0 saturated carbocycles. The van der Waals surface area contributed by atoms with Crippen molar-refractivity contribution in [1.29, 1.82) is 0 Å². The Morgan fingerprint density at radius 1 is 1.53 bits per heavy atom. The molecule has 106 valence electrons. The number of nitrogens with one attached hydrogen (secondary N) is 1. The fraction of sp³-hybridized carbons (Fsp3) is 0.500. The highest BCUT2D eigenvalue weighted by molar-refractivity contribution is 6.33. The van der Waals surface area contributed by atoms with Gasteiger partial charge in [0.05, 0.1) is 10.6 Å². The molecule has 0 aromatic heterocycles. The first-order chi connectivity index (χ1) is 8.61. The molecule has 2 rings (SSSR count). The molecule has 1 aromatic carbocycles. The van der Waals surface area contributed by atoms with Gasteiger partial charge in [-0.2, -0.15) is 0 Å². The van der Waals surface area contributed by atoms with E-state index in [1.165, 1.54) is 0 Å². The summed E-state index contributed by atoms with van der Waals surface area (Å²) in [5, 5.41) is 3.72. The molecule has 1 heterocycles. The smallest absolute Gasteiger partial charge is 0.255 e. The van der Waals surface area contributed by atoms with E-state index in [0.717, 1.165) is 31.6 Å². The van der Waals surface area contributed by atoms with Gasteiger partial charge in [-0.25, -0.2) is 0 Å². The van der Waals surface area contributed by atoms with Gasteiger partial charge in [-0.05, 0) is 50.6 Å². The molecule has 1 unspecified atom stereocenters. The van der Waals surface area contributed by atoms with Crippen molar-refractivity contribution in [2.45, 2.75) is 13.3 Å². The van der Waals surface area contributed by atoms with E-state index in [9.17, 15) is 4.79 Å². The highest BCUT2D eigenvalue weighted by Crippen LogP contribution is 2.23. The van der Waals surface area contributed by atoms with Gasteiger partial charge < -0.3 is 10.2 Å². The van der Waals surface area contributed by atoms with Crippen molar-refractivity contribution in [3.05, 3.63) is 34.3 Å². The first-order valence-corrected chi connectivity index (χ1v) is 6.69. The quantitative estimate of drug-likeness (QED) is 0.931. The third-order valence-electron chi connectivity index (χ3n) is 3.42. The summed E-state index contributed by atoms with van der Waals surface area (Å²) in [6.45, 7) is 4.59. The number of carbonyl (C=O) groups excluding carboxylic acids is 1. The van der Waals surface area contributed by atoms with Crippen LogP contribution in [0.4, 0.5) is 0 Å². The number of nitrogens with zero attached hydrogens (tertiary/aromatic N) is 1. The molecule has 5 heteroatoms. The molecule has 1 aliphatic heterocycles. The van der Waals surface area contributed by atoms with Crippen LogP contribution in [0.1, 0.15) is 22.3 Å². The normalized spacial score (nSPS) is 18.3. The van der Waals surface area contributed by atoms with Crippen molar-refractivity contribution in [2.24, 2.45) is 5.92 Å². The van der Waals surface area contributed by atoms with Crippen molar-refractivity contribution in [2.75, 3.05) is 26.7 Å². The van der Waals surface area contributed by atoms with Gasteiger partial charge in [0.1, 0.15) is 0 Å². The standard InChI is InChI=1S/C14H19ClN2O.ClH/c1-10-3-4-12(13(15)7-10)14(18)17-6-5-11(9-17)8-16-2;/h3-4,7,11,16H,5-6,8-9H2,1-2H3;1H. The Morgan fingerprint density at radius 2 is 2.26 bits per heavy atom. The lowest BCUT2D eigenvalue weighted by Gasteiger charge is -2.17. The predicted molar refractivity (Wildman–Crippen MR) is 81.4 cm³/mol. The van der Waals surface area contributed by atoms with Gasteiger partial charge in [-0.3, -0.25) is 4.79 Å². The Hall–Kier alpha value is -0.770. The molecule has 0 bridgehead atoms. The van der Waals surface area contributed by atoms with Gasteiger partial charge in [0.2, 0.25) is 0 Å². The Bertz CT molecular complexity index is 451. The fourth-order valence-corrected chi connectivity index (χ4v) is 2.75. The summed E-state index contributed by atoms with van der Waals surface area (Å²) in [4.78, 5) is 14.3. The first kappa shape index (κ1) is 16.3. The third-order valence-corrected chi connectivity index (χ3v) is 3.73. The van der Waals surface area contributed by atoms with Gasteiger partial charge >= 0.3 is 0 Å². The molecule has 3 nitrogen and oxygen atoms in total. The number of hydrogen-bond acceptors (Lipinski definition) is 2. The highest BCUT2D eigenvalue weighted by Gasteiger charge is 2.27. The summed E-state index contributed by atoms with van der Waals surface area (Å²) < 4.78 is 0. The number of benzene rings is 1.